The zero-order valence-corrected chi connectivity index (χ0v) is 13.4. The van der Waals surface area contributed by atoms with Crippen molar-refractivity contribution in [1.29, 1.82) is 0 Å². The largest absolute Gasteiger partial charge is 0.493 e. The van der Waals surface area contributed by atoms with Crippen molar-refractivity contribution < 1.29 is 4.74 Å². The minimum absolute atomic E-state index is 0.144. The van der Waals surface area contributed by atoms with E-state index in [1.165, 1.54) is 5.56 Å². The predicted octanol–water partition coefficient (Wildman–Crippen LogP) is 4.94. The Labute approximate surface area is 131 Å². The summed E-state index contributed by atoms with van der Waals surface area (Å²) in [6.07, 6.45) is 3.41. The Morgan fingerprint density at radius 1 is 1.14 bits per heavy atom. The molecule has 112 valence electrons. The number of aromatic nitrogens is 1. The van der Waals surface area contributed by atoms with Crippen LogP contribution in [0.25, 0.3) is 0 Å². The molecule has 2 rings (SSSR count). The highest BCUT2D eigenvalue weighted by Crippen LogP contribution is 2.26. The van der Waals surface area contributed by atoms with E-state index in [1.54, 1.807) is 18.5 Å². The van der Waals surface area contributed by atoms with E-state index in [0.29, 0.717) is 10.9 Å². The summed E-state index contributed by atoms with van der Waals surface area (Å²) < 4.78 is 5.69. The van der Waals surface area contributed by atoms with Gasteiger partial charge in [-0.25, -0.2) is 0 Å². The van der Waals surface area contributed by atoms with Gasteiger partial charge in [0.25, 0.3) is 0 Å². The SMILES string of the molecule is CC(C)COc1ccc(C(C)Nc2cnccc2Cl)cc1. The minimum Gasteiger partial charge on any atom is -0.493 e. The molecule has 1 aromatic heterocycles. The van der Waals surface area contributed by atoms with Crippen LogP contribution in [0.4, 0.5) is 5.69 Å². The second-order valence-electron chi connectivity index (χ2n) is 5.50. The van der Waals surface area contributed by atoms with Crippen molar-refractivity contribution in [3.63, 3.8) is 0 Å². The first-order chi connectivity index (χ1) is 10.1. The molecular weight excluding hydrogens is 284 g/mol. The number of hydrogen-bond acceptors (Lipinski definition) is 3. The summed E-state index contributed by atoms with van der Waals surface area (Å²) in [6.45, 7) is 7.10. The third-order valence-corrected chi connectivity index (χ3v) is 3.43. The lowest BCUT2D eigenvalue weighted by atomic mass is 10.1. The summed E-state index contributed by atoms with van der Waals surface area (Å²) in [5.74, 6) is 1.43. The summed E-state index contributed by atoms with van der Waals surface area (Å²) >= 11 is 6.13. The Morgan fingerprint density at radius 3 is 2.48 bits per heavy atom. The smallest absolute Gasteiger partial charge is 0.119 e. The van der Waals surface area contributed by atoms with Crippen LogP contribution in [0.2, 0.25) is 5.02 Å². The van der Waals surface area contributed by atoms with Gasteiger partial charge >= 0.3 is 0 Å². The Balaban J connectivity index is 2.00. The average molecular weight is 305 g/mol. The van der Waals surface area contributed by atoms with Crippen molar-refractivity contribution in [1.82, 2.24) is 4.98 Å². The van der Waals surface area contributed by atoms with Crippen molar-refractivity contribution in [3.8, 4) is 5.75 Å². The fourth-order valence-electron chi connectivity index (χ4n) is 1.92. The van der Waals surface area contributed by atoms with Crippen molar-refractivity contribution in [2.24, 2.45) is 5.92 Å². The Kier molecular flexibility index (Phi) is 5.45. The van der Waals surface area contributed by atoms with Crippen LogP contribution < -0.4 is 10.1 Å². The lowest BCUT2D eigenvalue weighted by Crippen LogP contribution is -2.08. The van der Waals surface area contributed by atoms with Gasteiger partial charge in [-0.3, -0.25) is 4.98 Å². The molecule has 0 aliphatic rings. The van der Waals surface area contributed by atoms with Gasteiger partial charge in [-0.05, 0) is 36.6 Å². The van der Waals surface area contributed by atoms with Crippen molar-refractivity contribution in [2.75, 3.05) is 11.9 Å². The first kappa shape index (κ1) is 15.6. The van der Waals surface area contributed by atoms with Crippen molar-refractivity contribution in [2.45, 2.75) is 26.8 Å². The van der Waals surface area contributed by atoms with E-state index < -0.39 is 0 Å². The van der Waals surface area contributed by atoms with E-state index >= 15 is 0 Å². The van der Waals surface area contributed by atoms with Crippen LogP contribution in [0.5, 0.6) is 5.75 Å². The fourth-order valence-corrected chi connectivity index (χ4v) is 2.08. The topological polar surface area (TPSA) is 34.1 Å². The Hall–Kier alpha value is -1.74. The summed E-state index contributed by atoms with van der Waals surface area (Å²) in [6, 6.07) is 10.1. The van der Waals surface area contributed by atoms with Crippen LogP contribution in [0.1, 0.15) is 32.4 Å². The summed E-state index contributed by atoms with van der Waals surface area (Å²) in [5.41, 5.74) is 2.01. The summed E-state index contributed by atoms with van der Waals surface area (Å²) in [4.78, 5) is 4.08. The highest BCUT2D eigenvalue weighted by Gasteiger charge is 2.08. The number of benzene rings is 1. The molecular formula is C17H21ClN2O. The van der Waals surface area contributed by atoms with Gasteiger partial charge in [-0.1, -0.05) is 37.6 Å². The molecule has 1 unspecified atom stereocenters. The number of halogens is 1. The number of nitrogens with zero attached hydrogens (tertiary/aromatic N) is 1. The number of ether oxygens (including phenoxy) is 1. The zero-order valence-electron chi connectivity index (χ0n) is 12.6. The molecule has 0 aliphatic carbocycles. The molecule has 1 atom stereocenters. The first-order valence-corrected chi connectivity index (χ1v) is 7.53. The molecule has 0 saturated heterocycles. The highest BCUT2D eigenvalue weighted by molar-refractivity contribution is 6.33. The van der Waals surface area contributed by atoms with Crippen molar-refractivity contribution in [3.05, 3.63) is 53.3 Å². The standard InChI is InChI=1S/C17H21ClN2O/c1-12(2)11-21-15-6-4-14(5-7-15)13(3)20-17-10-19-9-8-16(17)18/h4-10,12-13,20H,11H2,1-3H3. The molecule has 2 aromatic rings. The first-order valence-electron chi connectivity index (χ1n) is 7.15. The van der Waals surface area contributed by atoms with Crippen LogP contribution in [0.15, 0.2) is 42.7 Å². The average Bonchev–Trinajstić information content (AvgIpc) is 2.48. The van der Waals surface area contributed by atoms with E-state index in [1.807, 2.05) is 12.1 Å². The third-order valence-electron chi connectivity index (χ3n) is 3.10. The maximum absolute atomic E-state index is 6.13. The molecule has 21 heavy (non-hydrogen) atoms. The lowest BCUT2D eigenvalue weighted by Gasteiger charge is -2.17. The van der Waals surface area contributed by atoms with Gasteiger partial charge in [0.05, 0.1) is 23.5 Å². The van der Waals surface area contributed by atoms with Crippen molar-refractivity contribution >= 4 is 17.3 Å². The quantitative estimate of drug-likeness (QED) is 0.820. The zero-order chi connectivity index (χ0) is 15.2. The van der Waals surface area contributed by atoms with Crippen LogP contribution in [-0.2, 0) is 0 Å². The molecule has 0 radical (unpaired) electrons. The van der Waals surface area contributed by atoms with Crippen LogP contribution in [0, 0.1) is 5.92 Å². The van der Waals surface area contributed by atoms with E-state index in [9.17, 15) is 0 Å². The maximum Gasteiger partial charge on any atom is 0.119 e. The van der Waals surface area contributed by atoms with Gasteiger partial charge < -0.3 is 10.1 Å². The van der Waals surface area contributed by atoms with E-state index in [-0.39, 0.29) is 6.04 Å². The molecule has 0 amide bonds. The molecule has 1 aromatic carbocycles. The molecule has 0 saturated carbocycles. The predicted molar refractivity (Wildman–Crippen MR) is 88.1 cm³/mol. The Bertz CT molecular complexity index is 569. The maximum atomic E-state index is 6.13. The van der Waals surface area contributed by atoms with Gasteiger partial charge in [0.2, 0.25) is 0 Å². The van der Waals surface area contributed by atoms with E-state index in [2.05, 4.69) is 43.2 Å². The fraction of sp³-hybridized carbons (Fsp3) is 0.353. The second-order valence-corrected chi connectivity index (χ2v) is 5.90. The summed E-state index contributed by atoms with van der Waals surface area (Å²) in [5, 5.41) is 4.04. The van der Waals surface area contributed by atoms with E-state index in [0.717, 1.165) is 18.0 Å². The normalized spacial score (nSPS) is 12.2. The van der Waals surface area contributed by atoms with Gasteiger partial charge in [0.15, 0.2) is 0 Å². The monoisotopic (exact) mass is 304 g/mol. The highest BCUT2D eigenvalue weighted by atomic mass is 35.5. The van der Waals surface area contributed by atoms with Crippen LogP contribution in [-0.4, -0.2) is 11.6 Å². The lowest BCUT2D eigenvalue weighted by molar-refractivity contribution is 0.271. The number of pyridine rings is 1. The molecule has 3 nitrogen and oxygen atoms in total. The van der Waals surface area contributed by atoms with Gasteiger partial charge in [-0.2, -0.15) is 0 Å². The number of nitrogens with one attached hydrogen (secondary N) is 1. The van der Waals surface area contributed by atoms with Crippen LogP contribution >= 0.6 is 11.6 Å². The molecule has 0 bridgehead atoms. The van der Waals surface area contributed by atoms with Crippen LogP contribution in [0.3, 0.4) is 0 Å². The number of rotatable bonds is 6. The number of anilines is 1. The molecule has 4 heteroatoms. The van der Waals surface area contributed by atoms with Gasteiger partial charge in [0, 0.05) is 12.2 Å². The molecule has 0 aliphatic heterocycles. The third kappa shape index (κ3) is 4.64. The summed E-state index contributed by atoms with van der Waals surface area (Å²) in [7, 11) is 0. The van der Waals surface area contributed by atoms with Gasteiger partial charge in [0.1, 0.15) is 5.75 Å². The molecule has 1 heterocycles. The molecule has 1 N–H and O–H groups in total. The Morgan fingerprint density at radius 2 is 1.86 bits per heavy atom. The minimum atomic E-state index is 0.144. The molecule has 0 fully saturated rings. The van der Waals surface area contributed by atoms with E-state index in [4.69, 9.17) is 16.3 Å². The van der Waals surface area contributed by atoms with Gasteiger partial charge in [-0.15, -0.1) is 0 Å². The molecule has 0 spiro atoms. The number of hydrogen-bond donors (Lipinski definition) is 1. The second kappa shape index (κ2) is 7.32.